The van der Waals surface area contributed by atoms with Crippen LogP contribution in [0.2, 0.25) is 0 Å². The first-order valence-corrected chi connectivity index (χ1v) is 7.21. The predicted octanol–water partition coefficient (Wildman–Crippen LogP) is 0.656. The Morgan fingerprint density at radius 3 is 2.78 bits per heavy atom. The van der Waals surface area contributed by atoms with E-state index < -0.39 is 10.0 Å². The lowest BCUT2D eigenvalue weighted by Gasteiger charge is -2.14. The van der Waals surface area contributed by atoms with Gasteiger partial charge in [-0.25, -0.2) is 8.42 Å². The van der Waals surface area contributed by atoms with E-state index >= 15 is 0 Å². The maximum atomic E-state index is 12.1. The van der Waals surface area contributed by atoms with Crippen molar-refractivity contribution in [2.45, 2.75) is 18.6 Å². The number of hydrogen-bond donors (Lipinski definition) is 1. The number of methoxy groups -OCH3 is 1. The first-order chi connectivity index (χ1) is 8.52. The Kier molecular flexibility index (Phi) is 5.80. The number of rotatable bonds is 8. The lowest BCUT2D eigenvalue weighted by molar-refractivity contribution is 0.184. The van der Waals surface area contributed by atoms with Crippen molar-refractivity contribution in [2.75, 3.05) is 33.9 Å². The molecular weight excluding hydrogens is 256 g/mol. The van der Waals surface area contributed by atoms with E-state index in [-0.39, 0.29) is 5.09 Å². The zero-order valence-electron chi connectivity index (χ0n) is 11.0. The fraction of sp³-hybridized carbons (Fsp3) is 0.636. The lowest BCUT2D eigenvalue weighted by Crippen LogP contribution is -2.29. The molecule has 0 aliphatic rings. The van der Waals surface area contributed by atoms with Crippen molar-refractivity contribution in [3.05, 3.63) is 17.9 Å². The van der Waals surface area contributed by atoms with Gasteiger partial charge in [-0.3, -0.25) is 0 Å². The standard InChI is InChI=1S/C11H20N2O4S/c1-4-12-9-10-5-6-11(17-10)18(14,15)13(2)7-8-16-3/h5-6,12H,4,7-9H2,1-3H3. The summed E-state index contributed by atoms with van der Waals surface area (Å²) < 4.78 is 35.6. The van der Waals surface area contributed by atoms with Crippen molar-refractivity contribution < 1.29 is 17.6 Å². The number of sulfonamides is 1. The SMILES string of the molecule is CCNCc1ccc(S(=O)(=O)N(C)CCOC)o1. The van der Waals surface area contributed by atoms with E-state index in [0.717, 1.165) is 6.54 Å². The minimum atomic E-state index is -3.56. The molecule has 0 aromatic carbocycles. The zero-order valence-corrected chi connectivity index (χ0v) is 11.8. The molecule has 0 atom stereocenters. The fourth-order valence-corrected chi connectivity index (χ4v) is 2.41. The molecule has 0 saturated carbocycles. The topological polar surface area (TPSA) is 71.8 Å². The average Bonchev–Trinajstić information content (AvgIpc) is 2.82. The maximum Gasteiger partial charge on any atom is 0.276 e. The Morgan fingerprint density at radius 1 is 1.44 bits per heavy atom. The van der Waals surface area contributed by atoms with E-state index in [4.69, 9.17) is 9.15 Å². The van der Waals surface area contributed by atoms with Crippen LogP contribution in [-0.2, 0) is 21.3 Å². The molecule has 6 nitrogen and oxygen atoms in total. The van der Waals surface area contributed by atoms with Crippen LogP contribution in [0.1, 0.15) is 12.7 Å². The quantitative estimate of drug-likeness (QED) is 0.755. The largest absolute Gasteiger partial charge is 0.447 e. The molecule has 0 bridgehead atoms. The molecule has 1 rings (SSSR count). The van der Waals surface area contributed by atoms with Gasteiger partial charge in [0.25, 0.3) is 10.0 Å². The summed E-state index contributed by atoms with van der Waals surface area (Å²) in [5.41, 5.74) is 0. The molecule has 18 heavy (non-hydrogen) atoms. The predicted molar refractivity (Wildman–Crippen MR) is 67.8 cm³/mol. The summed E-state index contributed by atoms with van der Waals surface area (Å²) >= 11 is 0. The van der Waals surface area contributed by atoms with Crippen LogP contribution >= 0.6 is 0 Å². The van der Waals surface area contributed by atoms with Gasteiger partial charge in [-0.05, 0) is 18.7 Å². The van der Waals surface area contributed by atoms with E-state index in [1.54, 1.807) is 6.07 Å². The number of furan rings is 1. The van der Waals surface area contributed by atoms with Crippen LogP contribution in [0, 0.1) is 0 Å². The molecule has 0 fully saturated rings. The molecular formula is C11H20N2O4S. The maximum absolute atomic E-state index is 12.1. The number of likely N-dealkylation sites (N-methyl/N-ethyl adjacent to an activating group) is 1. The normalized spacial score (nSPS) is 12.2. The van der Waals surface area contributed by atoms with E-state index in [2.05, 4.69) is 5.32 Å². The third-order valence-corrected chi connectivity index (χ3v) is 4.19. The van der Waals surface area contributed by atoms with E-state index in [9.17, 15) is 8.42 Å². The highest BCUT2D eigenvalue weighted by Crippen LogP contribution is 2.17. The van der Waals surface area contributed by atoms with Gasteiger partial charge in [-0.2, -0.15) is 4.31 Å². The Morgan fingerprint density at radius 2 is 2.17 bits per heavy atom. The summed E-state index contributed by atoms with van der Waals surface area (Å²) in [7, 11) is -0.526. The zero-order chi connectivity index (χ0) is 13.6. The van der Waals surface area contributed by atoms with Crippen LogP contribution < -0.4 is 5.32 Å². The first-order valence-electron chi connectivity index (χ1n) is 5.77. The molecule has 1 aromatic rings. The lowest BCUT2D eigenvalue weighted by atomic mass is 10.4. The van der Waals surface area contributed by atoms with Crippen molar-refractivity contribution in [1.82, 2.24) is 9.62 Å². The summed E-state index contributed by atoms with van der Waals surface area (Å²) in [6.07, 6.45) is 0. The van der Waals surface area contributed by atoms with E-state index in [1.807, 2.05) is 6.92 Å². The number of nitrogens with zero attached hydrogens (tertiary/aromatic N) is 1. The van der Waals surface area contributed by atoms with Gasteiger partial charge >= 0.3 is 0 Å². The first kappa shape index (κ1) is 15.2. The molecule has 7 heteroatoms. The Balaban J connectivity index is 2.75. The summed E-state index contributed by atoms with van der Waals surface area (Å²) in [5.74, 6) is 0.607. The van der Waals surface area contributed by atoms with Crippen molar-refractivity contribution in [2.24, 2.45) is 0 Å². The molecule has 0 amide bonds. The Bertz CT molecular complexity index is 455. The van der Waals surface area contributed by atoms with Gasteiger partial charge in [0.05, 0.1) is 13.2 Å². The molecule has 1 aromatic heterocycles. The van der Waals surface area contributed by atoms with Gasteiger partial charge in [0.1, 0.15) is 5.76 Å². The van der Waals surface area contributed by atoms with Gasteiger partial charge in [0.15, 0.2) is 0 Å². The minimum absolute atomic E-state index is 0.0333. The van der Waals surface area contributed by atoms with E-state index in [0.29, 0.717) is 25.5 Å². The molecule has 0 aliphatic heterocycles. The fourth-order valence-electron chi connectivity index (χ4n) is 1.33. The molecule has 0 radical (unpaired) electrons. The number of nitrogens with one attached hydrogen (secondary N) is 1. The third-order valence-electron chi connectivity index (χ3n) is 2.46. The summed E-state index contributed by atoms with van der Waals surface area (Å²) in [5, 5.41) is 3.04. The average molecular weight is 276 g/mol. The molecule has 104 valence electrons. The molecule has 0 saturated heterocycles. The van der Waals surface area contributed by atoms with E-state index in [1.165, 1.54) is 24.5 Å². The van der Waals surface area contributed by atoms with Crippen LogP contribution in [0.3, 0.4) is 0 Å². The Hall–Kier alpha value is -0.890. The second-order valence-electron chi connectivity index (χ2n) is 3.82. The smallest absolute Gasteiger partial charge is 0.276 e. The molecule has 0 spiro atoms. The summed E-state index contributed by atoms with van der Waals surface area (Å²) in [4.78, 5) is 0. The monoisotopic (exact) mass is 276 g/mol. The molecule has 0 unspecified atom stereocenters. The molecule has 1 heterocycles. The van der Waals surface area contributed by atoms with Gasteiger partial charge in [-0.1, -0.05) is 6.92 Å². The second kappa shape index (κ2) is 6.89. The van der Waals surface area contributed by atoms with Crippen LogP contribution in [0.15, 0.2) is 21.6 Å². The molecule has 0 aliphatic carbocycles. The van der Waals surface area contributed by atoms with Gasteiger partial charge < -0.3 is 14.5 Å². The van der Waals surface area contributed by atoms with Crippen LogP contribution in [0.5, 0.6) is 0 Å². The summed E-state index contributed by atoms with van der Waals surface area (Å²) in [6, 6.07) is 3.14. The highest BCUT2D eigenvalue weighted by atomic mass is 32.2. The summed E-state index contributed by atoms with van der Waals surface area (Å²) in [6.45, 7) is 3.94. The van der Waals surface area contributed by atoms with Crippen molar-refractivity contribution in [1.29, 1.82) is 0 Å². The number of ether oxygens (including phenoxy) is 1. The number of hydrogen-bond acceptors (Lipinski definition) is 5. The van der Waals surface area contributed by atoms with Crippen molar-refractivity contribution >= 4 is 10.0 Å². The van der Waals surface area contributed by atoms with Gasteiger partial charge in [0.2, 0.25) is 5.09 Å². The van der Waals surface area contributed by atoms with Crippen molar-refractivity contribution in [3.63, 3.8) is 0 Å². The van der Waals surface area contributed by atoms with Gasteiger partial charge in [0, 0.05) is 20.7 Å². The van der Waals surface area contributed by atoms with Crippen molar-refractivity contribution in [3.8, 4) is 0 Å². The highest BCUT2D eigenvalue weighted by molar-refractivity contribution is 7.89. The Labute approximate surface area is 108 Å². The molecule has 1 N–H and O–H groups in total. The minimum Gasteiger partial charge on any atom is -0.447 e. The third kappa shape index (κ3) is 3.81. The van der Waals surface area contributed by atoms with Crippen LogP contribution in [-0.4, -0.2) is 46.6 Å². The van der Waals surface area contributed by atoms with Crippen LogP contribution in [0.25, 0.3) is 0 Å². The van der Waals surface area contributed by atoms with Crippen LogP contribution in [0.4, 0.5) is 0 Å². The highest BCUT2D eigenvalue weighted by Gasteiger charge is 2.24. The van der Waals surface area contributed by atoms with Gasteiger partial charge in [-0.15, -0.1) is 0 Å². The second-order valence-corrected chi connectivity index (χ2v) is 5.80.